The second kappa shape index (κ2) is 7.61. The number of rotatable bonds is 3. The van der Waals surface area contributed by atoms with Crippen LogP contribution in [0, 0.1) is 0 Å². The van der Waals surface area contributed by atoms with E-state index < -0.39 is 0 Å². The van der Waals surface area contributed by atoms with E-state index in [2.05, 4.69) is 17.2 Å². The molecule has 0 aliphatic carbocycles. The van der Waals surface area contributed by atoms with Gasteiger partial charge in [-0.15, -0.1) is 24.2 Å². The number of hydrogen-bond donors (Lipinski definition) is 1. The van der Waals surface area contributed by atoms with E-state index in [1.165, 1.54) is 0 Å². The average Bonchev–Trinajstić information content (AvgIpc) is 2.37. The van der Waals surface area contributed by atoms with Crippen LogP contribution in [-0.4, -0.2) is 47.2 Å². The van der Waals surface area contributed by atoms with Crippen molar-refractivity contribution in [2.45, 2.75) is 17.9 Å². The Bertz CT molecular complexity index is 377. The zero-order chi connectivity index (χ0) is 12.1. The number of carbonyl (C=O) groups excluding carboxylic acids is 1. The smallest absolute Gasteiger partial charge is 0.233 e. The molecular formula is C12H18ClN3OS. The van der Waals surface area contributed by atoms with Crippen molar-refractivity contribution in [2.24, 2.45) is 0 Å². The normalized spacial score (nSPS) is 19.2. The molecule has 2 rings (SSSR count). The molecule has 1 aromatic heterocycles. The van der Waals surface area contributed by atoms with Gasteiger partial charge >= 0.3 is 0 Å². The van der Waals surface area contributed by atoms with Gasteiger partial charge in [-0.05, 0) is 19.1 Å². The van der Waals surface area contributed by atoms with Crippen LogP contribution in [0.1, 0.15) is 6.92 Å². The predicted molar refractivity (Wildman–Crippen MR) is 76.3 cm³/mol. The van der Waals surface area contributed by atoms with E-state index in [1.54, 1.807) is 24.2 Å². The van der Waals surface area contributed by atoms with E-state index in [-0.39, 0.29) is 18.3 Å². The lowest BCUT2D eigenvalue weighted by Gasteiger charge is -2.31. The Kier molecular flexibility index (Phi) is 6.46. The third-order valence-corrected chi connectivity index (χ3v) is 3.73. The van der Waals surface area contributed by atoms with Crippen LogP contribution in [0.5, 0.6) is 0 Å². The number of pyridine rings is 1. The van der Waals surface area contributed by atoms with Crippen LogP contribution in [0.25, 0.3) is 0 Å². The van der Waals surface area contributed by atoms with E-state index in [0.717, 1.165) is 24.5 Å². The highest BCUT2D eigenvalue weighted by molar-refractivity contribution is 8.00. The van der Waals surface area contributed by atoms with Gasteiger partial charge in [0.2, 0.25) is 5.91 Å². The largest absolute Gasteiger partial charge is 0.339 e. The lowest BCUT2D eigenvalue weighted by Crippen LogP contribution is -2.51. The van der Waals surface area contributed by atoms with Gasteiger partial charge in [-0.25, -0.2) is 0 Å². The van der Waals surface area contributed by atoms with E-state index in [0.29, 0.717) is 11.8 Å². The van der Waals surface area contributed by atoms with Gasteiger partial charge in [-0.2, -0.15) is 0 Å². The number of aromatic nitrogens is 1. The molecule has 4 nitrogen and oxygen atoms in total. The Morgan fingerprint density at radius 1 is 1.56 bits per heavy atom. The third-order valence-electron chi connectivity index (χ3n) is 2.73. The summed E-state index contributed by atoms with van der Waals surface area (Å²) in [5.41, 5.74) is 0. The van der Waals surface area contributed by atoms with Crippen molar-refractivity contribution in [3.05, 3.63) is 24.5 Å². The number of nitrogens with zero attached hydrogens (tertiary/aromatic N) is 2. The van der Waals surface area contributed by atoms with Crippen LogP contribution in [0.2, 0.25) is 0 Å². The number of amides is 1. The Balaban J connectivity index is 0.00000162. The fourth-order valence-electron chi connectivity index (χ4n) is 1.83. The number of halogens is 1. The molecular weight excluding hydrogens is 270 g/mol. The van der Waals surface area contributed by atoms with Gasteiger partial charge in [0.1, 0.15) is 0 Å². The Morgan fingerprint density at radius 2 is 2.28 bits per heavy atom. The first-order valence-electron chi connectivity index (χ1n) is 5.79. The molecule has 100 valence electrons. The van der Waals surface area contributed by atoms with E-state index in [4.69, 9.17) is 0 Å². The van der Waals surface area contributed by atoms with Crippen molar-refractivity contribution < 1.29 is 4.79 Å². The van der Waals surface area contributed by atoms with Crippen molar-refractivity contribution >= 4 is 30.1 Å². The molecule has 6 heteroatoms. The zero-order valence-electron chi connectivity index (χ0n) is 10.3. The van der Waals surface area contributed by atoms with Gasteiger partial charge < -0.3 is 10.2 Å². The van der Waals surface area contributed by atoms with Gasteiger partial charge in [0.15, 0.2) is 0 Å². The van der Waals surface area contributed by atoms with Gasteiger partial charge in [-0.3, -0.25) is 9.78 Å². The highest BCUT2D eigenvalue weighted by Crippen LogP contribution is 2.17. The maximum absolute atomic E-state index is 12.0. The average molecular weight is 288 g/mol. The molecule has 1 atom stereocenters. The molecule has 0 bridgehead atoms. The number of piperazine rings is 1. The fraction of sp³-hybridized carbons (Fsp3) is 0.500. The van der Waals surface area contributed by atoms with Gasteiger partial charge in [0.05, 0.1) is 5.75 Å². The fourth-order valence-corrected chi connectivity index (χ4v) is 2.62. The molecule has 1 amide bonds. The molecule has 1 unspecified atom stereocenters. The summed E-state index contributed by atoms with van der Waals surface area (Å²) in [5, 5.41) is 3.33. The minimum Gasteiger partial charge on any atom is -0.339 e. The molecule has 1 saturated heterocycles. The van der Waals surface area contributed by atoms with Gasteiger partial charge in [-0.1, -0.05) is 0 Å². The van der Waals surface area contributed by atoms with Crippen LogP contribution < -0.4 is 5.32 Å². The number of hydrogen-bond acceptors (Lipinski definition) is 4. The maximum Gasteiger partial charge on any atom is 0.233 e. The molecule has 0 radical (unpaired) electrons. The molecule has 1 N–H and O–H groups in total. The molecule has 1 aliphatic rings. The first-order chi connectivity index (χ1) is 8.25. The van der Waals surface area contributed by atoms with Gasteiger partial charge in [0, 0.05) is 43.0 Å². The molecule has 0 aromatic carbocycles. The lowest BCUT2D eigenvalue weighted by atomic mass is 10.2. The van der Waals surface area contributed by atoms with Gasteiger partial charge in [0.25, 0.3) is 0 Å². The molecule has 1 fully saturated rings. The summed E-state index contributed by atoms with van der Waals surface area (Å²) >= 11 is 1.57. The number of nitrogens with one attached hydrogen (secondary N) is 1. The van der Waals surface area contributed by atoms with Crippen LogP contribution in [0.3, 0.4) is 0 Å². The first kappa shape index (κ1) is 15.3. The Morgan fingerprint density at radius 3 is 2.94 bits per heavy atom. The van der Waals surface area contributed by atoms with Crippen molar-refractivity contribution in [2.75, 3.05) is 25.4 Å². The van der Waals surface area contributed by atoms with E-state index in [1.807, 2.05) is 17.0 Å². The molecule has 0 saturated carbocycles. The third kappa shape index (κ3) is 4.48. The SMILES string of the molecule is CC1CN(C(=O)CSc2ccncc2)CCN1.Cl. The summed E-state index contributed by atoms with van der Waals surface area (Å²) in [5.74, 6) is 0.733. The molecule has 1 aliphatic heterocycles. The van der Waals surface area contributed by atoms with Crippen LogP contribution in [0.4, 0.5) is 0 Å². The summed E-state index contributed by atoms with van der Waals surface area (Å²) in [4.78, 5) is 19.0. The second-order valence-corrected chi connectivity index (χ2v) is 5.22. The number of thioether (sulfide) groups is 1. The summed E-state index contributed by atoms with van der Waals surface area (Å²) < 4.78 is 0. The monoisotopic (exact) mass is 287 g/mol. The van der Waals surface area contributed by atoms with E-state index in [9.17, 15) is 4.79 Å². The van der Waals surface area contributed by atoms with E-state index >= 15 is 0 Å². The standard InChI is InChI=1S/C12H17N3OS.ClH/c1-10-8-15(7-6-14-10)12(16)9-17-11-2-4-13-5-3-11;/h2-5,10,14H,6-9H2,1H3;1H. The second-order valence-electron chi connectivity index (χ2n) is 4.17. The highest BCUT2D eigenvalue weighted by atomic mass is 35.5. The molecule has 0 spiro atoms. The number of carbonyl (C=O) groups is 1. The summed E-state index contributed by atoms with van der Waals surface area (Å²) in [7, 11) is 0. The minimum atomic E-state index is 0. The highest BCUT2D eigenvalue weighted by Gasteiger charge is 2.20. The topological polar surface area (TPSA) is 45.2 Å². The van der Waals surface area contributed by atoms with Crippen molar-refractivity contribution in [1.29, 1.82) is 0 Å². The van der Waals surface area contributed by atoms with Crippen molar-refractivity contribution in [3.8, 4) is 0 Å². The molecule has 1 aromatic rings. The Hall–Kier alpha value is -0.780. The predicted octanol–water partition coefficient (Wildman–Crippen LogP) is 1.42. The zero-order valence-corrected chi connectivity index (χ0v) is 12.0. The van der Waals surface area contributed by atoms with Crippen molar-refractivity contribution in [3.63, 3.8) is 0 Å². The summed E-state index contributed by atoms with van der Waals surface area (Å²) in [6, 6.07) is 4.26. The summed E-state index contributed by atoms with van der Waals surface area (Å²) in [6.07, 6.45) is 3.50. The van der Waals surface area contributed by atoms with Crippen LogP contribution in [0.15, 0.2) is 29.4 Å². The van der Waals surface area contributed by atoms with Crippen LogP contribution >= 0.6 is 24.2 Å². The quantitative estimate of drug-likeness (QED) is 0.854. The first-order valence-corrected chi connectivity index (χ1v) is 6.78. The minimum absolute atomic E-state index is 0. The maximum atomic E-state index is 12.0. The Labute approximate surface area is 118 Å². The molecule has 2 heterocycles. The lowest BCUT2D eigenvalue weighted by molar-refractivity contribution is -0.129. The van der Waals surface area contributed by atoms with Crippen molar-refractivity contribution in [1.82, 2.24) is 15.2 Å². The molecule has 18 heavy (non-hydrogen) atoms. The van der Waals surface area contributed by atoms with Crippen LogP contribution in [-0.2, 0) is 4.79 Å². The summed E-state index contributed by atoms with van der Waals surface area (Å²) in [6.45, 7) is 4.64.